The summed E-state index contributed by atoms with van der Waals surface area (Å²) in [7, 11) is 0. The van der Waals surface area contributed by atoms with Crippen molar-refractivity contribution >= 4 is 29.2 Å². The van der Waals surface area contributed by atoms with Crippen molar-refractivity contribution in [1.82, 2.24) is 5.32 Å². The normalized spacial score (nSPS) is 12.0. The summed E-state index contributed by atoms with van der Waals surface area (Å²) in [6, 6.07) is 4.51. The Morgan fingerprint density at radius 2 is 1.95 bits per heavy atom. The lowest BCUT2D eigenvalue weighted by Crippen LogP contribution is -2.39. The van der Waals surface area contributed by atoms with Crippen LogP contribution < -0.4 is 11.1 Å². The SMILES string of the molecule is C/C(=C\C(=O)NC(C)(C)C)OC(=O)c1cc(Cl)ccc1N. The molecular weight excluding hydrogens is 292 g/mol. The van der Waals surface area contributed by atoms with Gasteiger partial charge in [0.1, 0.15) is 5.76 Å². The molecule has 0 spiro atoms. The molecule has 114 valence electrons. The summed E-state index contributed by atoms with van der Waals surface area (Å²) in [6.07, 6.45) is 1.21. The molecule has 0 unspecified atom stereocenters. The molecule has 0 aliphatic rings. The van der Waals surface area contributed by atoms with E-state index in [0.717, 1.165) is 0 Å². The third-order valence-electron chi connectivity index (χ3n) is 2.32. The molecular formula is C15H19ClN2O3. The van der Waals surface area contributed by atoms with Crippen molar-refractivity contribution < 1.29 is 14.3 Å². The molecule has 0 aliphatic carbocycles. The van der Waals surface area contributed by atoms with Gasteiger partial charge in [-0.15, -0.1) is 0 Å². The van der Waals surface area contributed by atoms with E-state index >= 15 is 0 Å². The number of nitrogens with two attached hydrogens (primary N) is 1. The smallest absolute Gasteiger partial charge is 0.345 e. The highest BCUT2D eigenvalue weighted by Gasteiger charge is 2.15. The van der Waals surface area contributed by atoms with Gasteiger partial charge in [0, 0.05) is 22.3 Å². The second-order valence-electron chi connectivity index (χ2n) is 5.62. The maximum Gasteiger partial charge on any atom is 0.345 e. The fourth-order valence-electron chi connectivity index (χ4n) is 1.53. The summed E-state index contributed by atoms with van der Waals surface area (Å²) in [6.45, 7) is 7.08. The van der Waals surface area contributed by atoms with Gasteiger partial charge in [-0.1, -0.05) is 11.6 Å². The lowest BCUT2D eigenvalue weighted by atomic mass is 10.1. The van der Waals surface area contributed by atoms with Gasteiger partial charge in [0.15, 0.2) is 0 Å². The number of nitrogen functional groups attached to an aromatic ring is 1. The number of carbonyl (C=O) groups is 2. The van der Waals surface area contributed by atoms with E-state index in [2.05, 4.69) is 5.32 Å². The van der Waals surface area contributed by atoms with Crippen molar-refractivity contribution in [1.29, 1.82) is 0 Å². The second-order valence-corrected chi connectivity index (χ2v) is 6.05. The van der Waals surface area contributed by atoms with Gasteiger partial charge in [-0.05, 0) is 45.9 Å². The van der Waals surface area contributed by atoms with Crippen LogP contribution >= 0.6 is 11.6 Å². The number of carbonyl (C=O) groups excluding carboxylic acids is 2. The monoisotopic (exact) mass is 310 g/mol. The fraction of sp³-hybridized carbons (Fsp3) is 0.333. The van der Waals surface area contributed by atoms with Crippen LogP contribution in [0, 0.1) is 0 Å². The number of benzene rings is 1. The molecule has 0 fully saturated rings. The highest BCUT2D eigenvalue weighted by Crippen LogP contribution is 2.19. The number of rotatable bonds is 3. The lowest BCUT2D eigenvalue weighted by molar-refractivity contribution is -0.117. The van der Waals surface area contributed by atoms with Gasteiger partial charge in [-0.2, -0.15) is 0 Å². The number of esters is 1. The van der Waals surface area contributed by atoms with E-state index in [0.29, 0.717) is 5.02 Å². The molecule has 0 radical (unpaired) electrons. The van der Waals surface area contributed by atoms with E-state index in [4.69, 9.17) is 22.1 Å². The average Bonchev–Trinajstić information content (AvgIpc) is 2.29. The number of amides is 1. The summed E-state index contributed by atoms with van der Waals surface area (Å²) >= 11 is 5.81. The predicted octanol–water partition coefficient (Wildman–Crippen LogP) is 2.90. The largest absolute Gasteiger partial charge is 0.428 e. The Balaban J connectivity index is 2.78. The van der Waals surface area contributed by atoms with E-state index in [1.54, 1.807) is 6.07 Å². The Hall–Kier alpha value is -2.01. The Morgan fingerprint density at radius 3 is 2.52 bits per heavy atom. The summed E-state index contributed by atoms with van der Waals surface area (Å²) in [4.78, 5) is 23.6. The summed E-state index contributed by atoms with van der Waals surface area (Å²) in [5.41, 5.74) is 5.75. The molecule has 0 heterocycles. The number of anilines is 1. The second kappa shape index (κ2) is 6.63. The highest BCUT2D eigenvalue weighted by atomic mass is 35.5. The molecule has 0 aliphatic heterocycles. The van der Waals surface area contributed by atoms with Gasteiger partial charge < -0.3 is 15.8 Å². The molecule has 5 nitrogen and oxygen atoms in total. The number of allylic oxidation sites excluding steroid dienone is 1. The summed E-state index contributed by atoms with van der Waals surface area (Å²) in [5.74, 6) is -0.833. The maximum absolute atomic E-state index is 12.0. The summed E-state index contributed by atoms with van der Waals surface area (Å²) < 4.78 is 5.08. The van der Waals surface area contributed by atoms with Crippen molar-refractivity contribution in [2.75, 3.05) is 5.73 Å². The minimum atomic E-state index is -0.660. The first kappa shape index (κ1) is 17.0. The van der Waals surface area contributed by atoms with Gasteiger partial charge in [0.2, 0.25) is 5.91 Å². The topological polar surface area (TPSA) is 81.4 Å². The molecule has 1 aromatic carbocycles. The molecule has 0 aromatic heterocycles. The van der Waals surface area contributed by atoms with Crippen LogP contribution in [0.4, 0.5) is 5.69 Å². The van der Waals surface area contributed by atoms with E-state index in [1.807, 2.05) is 20.8 Å². The van der Waals surface area contributed by atoms with Gasteiger partial charge in [0.05, 0.1) is 5.56 Å². The highest BCUT2D eigenvalue weighted by molar-refractivity contribution is 6.31. The first-order chi connectivity index (χ1) is 9.58. The molecule has 1 amide bonds. The third kappa shape index (κ3) is 5.87. The lowest BCUT2D eigenvalue weighted by Gasteiger charge is -2.19. The number of halogens is 1. The van der Waals surface area contributed by atoms with Crippen LogP contribution in [-0.4, -0.2) is 17.4 Å². The maximum atomic E-state index is 12.0. The van der Waals surface area contributed by atoms with E-state index in [-0.39, 0.29) is 28.5 Å². The average molecular weight is 311 g/mol. The first-order valence-electron chi connectivity index (χ1n) is 6.36. The standard InChI is InChI=1S/C15H19ClN2O3/c1-9(7-13(19)18-15(2,3)4)21-14(20)11-8-10(16)5-6-12(11)17/h5-8H,17H2,1-4H3,(H,18,19)/b9-7+. The number of ether oxygens (including phenoxy) is 1. The van der Waals surface area contributed by atoms with Gasteiger partial charge in [-0.25, -0.2) is 4.79 Å². The molecule has 21 heavy (non-hydrogen) atoms. The molecule has 1 aromatic rings. The molecule has 0 saturated heterocycles. The Bertz CT molecular complexity index is 589. The fourth-order valence-corrected chi connectivity index (χ4v) is 1.70. The van der Waals surface area contributed by atoms with E-state index < -0.39 is 5.97 Å². The minimum absolute atomic E-state index is 0.159. The van der Waals surface area contributed by atoms with Crippen molar-refractivity contribution in [3.05, 3.63) is 40.6 Å². The van der Waals surface area contributed by atoms with Crippen LogP contribution in [0.5, 0.6) is 0 Å². The Morgan fingerprint density at radius 1 is 1.33 bits per heavy atom. The predicted molar refractivity (Wildman–Crippen MR) is 82.9 cm³/mol. The number of nitrogens with one attached hydrogen (secondary N) is 1. The van der Waals surface area contributed by atoms with Crippen LogP contribution in [-0.2, 0) is 9.53 Å². The van der Waals surface area contributed by atoms with Crippen LogP contribution in [0.1, 0.15) is 38.1 Å². The van der Waals surface area contributed by atoms with Crippen molar-refractivity contribution in [3.8, 4) is 0 Å². The van der Waals surface area contributed by atoms with Gasteiger partial charge in [-0.3, -0.25) is 4.79 Å². The first-order valence-corrected chi connectivity index (χ1v) is 6.74. The molecule has 3 N–H and O–H groups in total. The third-order valence-corrected chi connectivity index (χ3v) is 2.56. The van der Waals surface area contributed by atoms with Crippen LogP contribution in [0.2, 0.25) is 5.02 Å². The summed E-state index contributed by atoms with van der Waals surface area (Å²) in [5, 5.41) is 3.11. The Kier molecular flexibility index (Phi) is 5.38. The quantitative estimate of drug-likeness (QED) is 0.389. The zero-order chi connectivity index (χ0) is 16.2. The molecule has 6 heteroatoms. The van der Waals surface area contributed by atoms with Crippen LogP contribution in [0.3, 0.4) is 0 Å². The van der Waals surface area contributed by atoms with Gasteiger partial charge >= 0.3 is 5.97 Å². The van der Waals surface area contributed by atoms with E-state index in [9.17, 15) is 9.59 Å². The molecule has 0 atom stereocenters. The Labute approximate surface area is 129 Å². The zero-order valence-electron chi connectivity index (χ0n) is 12.5. The van der Waals surface area contributed by atoms with Crippen LogP contribution in [0.15, 0.2) is 30.0 Å². The van der Waals surface area contributed by atoms with Crippen LogP contribution in [0.25, 0.3) is 0 Å². The van der Waals surface area contributed by atoms with Crippen molar-refractivity contribution in [2.45, 2.75) is 33.2 Å². The van der Waals surface area contributed by atoms with E-state index in [1.165, 1.54) is 25.1 Å². The number of hydrogen-bond donors (Lipinski definition) is 2. The minimum Gasteiger partial charge on any atom is -0.428 e. The molecule has 1 rings (SSSR count). The molecule has 0 bridgehead atoms. The number of hydrogen-bond acceptors (Lipinski definition) is 4. The molecule has 0 saturated carbocycles. The van der Waals surface area contributed by atoms with Crippen molar-refractivity contribution in [3.63, 3.8) is 0 Å². The van der Waals surface area contributed by atoms with Gasteiger partial charge in [0.25, 0.3) is 0 Å². The van der Waals surface area contributed by atoms with Crippen molar-refractivity contribution in [2.24, 2.45) is 0 Å². The zero-order valence-corrected chi connectivity index (χ0v) is 13.2.